The number of aryl methyl sites for hydroxylation is 3. The average Bonchev–Trinajstić information content (AvgIpc) is 3.38. The lowest BCUT2D eigenvalue weighted by Crippen LogP contribution is -3.15. The molecular formula is C20H32N3O3S+. The number of carbonyl (C=O) groups is 1. The van der Waals surface area contributed by atoms with Crippen molar-refractivity contribution < 1.29 is 18.1 Å². The minimum Gasteiger partial charge on any atom is -0.348 e. The van der Waals surface area contributed by atoms with E-state index in [1.54, 1.807) is 4.31 Å². The van der Waals surface area contributed by atoms with E-state index in [1.165, 1.54) is 12.8 Å². The lowest BCUT2D eigenvalue weighted by atomic mass is 10.1. The van der Waals surface area contributed by atoms with Gasteiger partial charge in [0, 0.05) is 6.04 Å². The van der Waals surface area contributed by atoms with Gasteiger partial charge in [-0.2, -0.15) is 4.31 Å². The molecule has 0 radical (unpaired) electrons. The van der Waals surface area contributed by atoms with Gasteiger partial charge in [0.05, 0.1) is 31.1 Å². The molecule has 27 heavy (non-hydrogen) atoms. The standard InChI is InChI=1S/C20H31N3O3S/c1-14-11-15(2)20(16(3)12-14)27(25,26)23-9-7-22(8-10-23)13-19(24)21-17(4)18-5-6-18/h11-12,17-18H,5-10,13H2,1-4H3,(H,21,24)/p+1/t17-/m1/s1. The number of sulfonamides is 1. The molecule has 0 bridgehead atoms. The summed E-state index contributed by atoms with van der Waals surface area (Å²) in [5.74, 6) is 0.720. The van der Waals surface area contributed by atoms with Gasteiger partial charge in [0.25, 0.3) is 5.91 Å². The average molecular weight is 395 g/mol. The van der Waals surface area contributed by atoms with Gasteiger partial charge in [0.2, 0.25) is 10.0 Å². The number of hydrogen-bond acceptors (Lipinski definition) is 3. The molecule has 1 aromatic rings. The van der Waals surface area contributed by atoms with E-state index in [9.17, 15) is 13.2 Å². The molecule has 7 heteroatoms. The summed E-state index contributed by atoms with van der Waals surface area (Å²) < 4.78 is 27.8. The highest BCUT2D eigenvalue weighted by Crippen LogP contribution is 2.32. The molecule has 0 aromatic heterocycles. The van der Waals surface area contributed by atoms with Crippen molar-refractivity contribution in [2.45, 2.75) is 51.5 Å². The molecule has 2 aliphatic rings. The zero-order valence-electron chi connectivity index (χ0n) is 16.8. The van der Waals surface area contributed by atoms with Crippen molar-refractivity contribution >= 4 is 15.9 Å². The van der Waals surface area contributed by atoms with Gasteiger partial charge in [0.1, 0.15) is 0 Å². The van der Waals surface area contributed by atoms with Crippen LogP contribution in [-0.2, 0) is 14.8 Å². The van der Waals surface area contributed by atoms with Crippen LogP contribution in [0.5, 0.6) is 0 Å². The van der Waals surface area contributed by atoms with Gasteiger partial charge in [-0.3, -0.25) is 4.79 Å². The van der Waals surface area contributed by atoms with E-state index in [0.717, 1.165) is 21.6 Å². The van der Waals surface area contributed by atoms with E-state index in [-0.39, 0.29) is 11.9 Å². The number of hydrogen-bond donors (Lipinski definition) is 2. The Bertz CT molecular complexity index is 787. The molecule has 150 valence electrons. The molecule has 2 N–H and O–H groups in total. The van der Waals surface area contributed by atoms with Crippen LogP contribution >= 0.6 is 0 Å². The summed E-state index contributed by atoms with van der Waals surface area (Å²) in [5, 5.41) is 3.08. The predicted molar refractivity (Wildman–Crippen MR) is 105 cm³/mol. The fourth-order valence-corrected chi connectivity index (χ4v) is 6.02. The zero-order valence-corrected chi connectivity index (χ0v) is 17.7. The van der Waals surface area contributed by atoms with Crippen LogP contribution < -0.4 is 10.2 Å². The van der Waals surface area contributed by atoms with E-state index in [4.69, 9.17) is 0 Å². The van der Waals surface area contributed by atoms with Crippen molar-refractivity contribution in [2.75, 3.05) is 32.7 Å². The largest absolute Gasteiger partial charge is 0.348 e. The second-order valence-corrected chi connectivity index (χ2v) is 10.1. The van der Waals surface area contributed by atoms with Gasteiger partial charge >= 0.3 is 0 Å². The van der Waals surface area contributed by atoms with Crippen molar-refractivity contribution in [1.82, 2.24) is 9.62 Å². The third-order valence-corrected chi connectivity index (χ3v) is 7.97. The lowest BCUT2D eigenvalue weighted by Gasteiger charge is -2.32. The van der Waals surface area contributed by atoms with Gasteiger partial charge < -0.3 is 10.2 Å². The third kappa shape index (κ3) is 4.70. The number of nitrogens with one attached hydrogen (secondary N) is 2. The zero-order chi connectivity index (χ0) is 19.8. The fourth-order valence-electron chi connectivity index (χ4n) is 4.17. The molecular weight excluding hydrogens is 362 g/mol. The Balaban J connectivity index is 1.59. The predicted octanol–water partition coefficient (Wildman–Crippen LogP) is 0.416. The highest BCUT2D eigenvalue weighted by atomic mass is 32.2. The van der Waals surface area contributed by atoms with Crippen LogP contribution in [0.25, 0.3) is 0 Å². The third-order valence-electron chi connectivity index (χ3n) is 5.76. The Labute approximate surface area is 163 Å². The molecule has 0 spiro atoms. The second kappa shape index (κ2) is 7.89. The number of piperazine rings is 1. The lowest BCUT2D eigenvalue weighted by molar-refractivity contribution is -0.895. The highest BCUT2D eigenvalue weighted by Gasteiger charge is 2.34. The summed E-state index contributed by atoms with van der Waals surface area (Å²) in [5.41, 5.74) is 2.68. The molecule has 1 atom stereocenters. The maximum absolute atomic E-state index is 13.1. The first-order valence-corrected chi connectivity index (χ1v) is 11.3. The summed E-state index contributed by atoms with van der Waals surface area (Å²) >= 11 is 0. The van der Waals surface area contributed by atoms with Crippen molar-refractivity contribution in [3.63, 3.8) is 0 Å². The van der Waals surface area contributed by atoms with Gasteiger partial charge in [-0.15, -0.1) is 0 Å². The molecule has 1 aliphatic heterocycles. The van der Waals surface area contributed by atoms with Crippen molar-refractivity contribution in [2.24, 2.45) is 5.92 Å². The molecule has 1 aromatic carbocycles. The highest BCUT2D eigenvalue weighted by molar-refractivity contribution is 7.89. The molecule has 1 saturated heterocycles. The number of nitrogens with zero attached hydrogens (tertiary/aromatic N) is 1. The van der Waals surface area contributed by atoms with Gasteiger partial charge in [-0.05, 0) is 57.6 Å². The Morgan fingerprint density at radius 2 is 1.74 bits per heavy atom. The quantitative estimate of drug-likeness (QED) is 0.735. The summed E-state index contributed by atoms with van der Waals surface area (Å²) in [6.45, 7) is 10.4. The van der Waals surface area contributed by atoms with Crippen LogP contribution in [0.3, 0.4) is 0 Å². The number of rotatable bonds is 6. The molecule has 3 rings (SSSR count). The normalized spacial score (nSPS) is 20.4. The van der Waals surface area contributed by atoms with Crippen molar-refractivity contribution in [3.05, 3.63) is 28.8 Å². The van der Waals surface area contributed by atoms with Crippen LogP contribution in [0.2, 0.25) is 0 Å². The molecule has 1 saturated carbocycles. The van der Waals surface area contributed by atoms with Crippen LogP contribution in [0.4, 0.5) is 0 Å². The van der Waals surface area contributed by atoms with E-state index in [2.05, 4.69) is 12.2 Å². The van der Waals surface area contributed by atoms with Gasteiger partial charge in [-0.1, -0.05) is 17.7 Å². The van der Waals surface area contributed by atoms with Crippen LogP contribution in [0.15, 0.2) is 17.0 Å². The molecule has 6 nitrogen and oxygen atoms in total. The van der Waals surface area contributed by atoms with Crippen LogP contribution in [0.1, 0.15) is 36.5 Å². The summed E-state index contributed by atoms with van der Waals surface area (Å²) in [6.07, 6.45) is 2.42. The summed E-state index contributed by atoms with van der Waals surface area (Å²) in [7, 11) is -3.49. The Morgan fingerprint density at radius 3 is 2.26 bits per heavy atom. The summed E-state index contributed by atoms with van der Waals surface area (Å²) in [6, 6.07) is 4.10. The monoisotopic (exact) mass is 394 g/mol. The second-order valence-electron chi connectivity index (χ2n) is 8.25. The van der Waals surface area contributed by atoms with Gasteiger partial charge in [-0.25, -0.2) is 8.42 Å². The minimum atomic E-state index is -3.49. The smallest absolute Gasteiger partial charge is 0.275 e. The van der Waals surface area contributed by atoms with Crippen molar-refractivity contribution in [3.8, 4) is 0 Å². The van der Waals surface area contributed by atoms with Gasteiger partial charge in [0.15, 0.2) is 6.54 Å². The first kappa shape index (κ1) is 20.3. The molecule has 1 aliphatic carbocycles. The minimum absolute atomic E-state index is 0.0749. The number of amides is 1. The van der Waals surface area contributed by atoms with E-state index < -0.39 is 10.0 Å². The Kier molecular flexibility index (Phi) is 5.93. The van der Waals surface area contributed by atoms with Crippen LogP contribution in [0, 0.1) is 26.7 Å². The molecule has 1 amide bonds. The number of quaternary nitrogens is 1. The number of benzene rings is 1. The maximum Gasteiger partial charge on any atom is 0.275 e. The van der Waals surface area contributed by atoms with Crippen LogP contribution in [-0.4, -0.2) is 57.4 Å². The Hall–Kier alpha value is -1.44. The SMILES string of the molecule is Cc1cc(C)c(S(=O)(=O)N2CC[NH+](CC(=O)N[C@H](C)C3CC3)CC2)c(C)c1. The topological polar surface area (TPSA) is 70.9 Å². The maximum atomic E-state index is 13.1. The fraction of sp³-hybridized carbons (Fsp3) is 0.650. The van der Waals surface area contributed by atoms with E-state index >= 15 is 0 Å². The Morgan fingerprint density at radius 1 is 1.19 bits per heavy atom. The number of carbonyl (C=O) groups excluding carboxylic acids is 1. The summed E-state index contributed by atoms with van der Waals surface area (Å²) in [4.78, 5) is 13.8. The first-order chi connectivity index (χ1) is 12.7. The van der Waals surface area contributed by atoms with E-state index in [0.29, 0.717) is 43.5 Å². The van der Waals surface area contributed by atoms with E-state index in [1.807, 2.05) is 32.9 Å². The molecule has 1 heterocycles. The molecule has 0 unspecified atom stereocenters. The first-order valence-electron chi connectivity index (χ1n) is 9.89. The molecule has 2 fully saturated rings. The van der Waals surface area contributed by atoms with Crippen molar-refractivity contribution in [1.29, 1.82) is 0 Å².